The third-order valence-corrected chi connectivity index (χ3v) is 4.81. The first kappa shape index (κ1) is 15.4. The lowest BCUT2D eigenvalue weighted by Crippen LogP contribution is -2.44. The van der Waals surface area contributed by atoms with E-state index in [-0.39, 0.29) is 11.5 Å². The molecular formula is C17H25F2N. The fraction of sp³-hybridized carbons (Fsp3) is 0.647. The van der Waals surface area contributed by atoms with Gasteiger partial charge in [-0.2, -0.15) is 0 Å². The average molecular weight is 281 g/mol. The molecule has 3 atom stereocenters. The Labute approximate surface area is 120 Å². The topological polar surface area (TPSA) is 26.0 Å². The van der Waals surface area contributed by atoms with Crippen molar-refractivity contribution in [3.05, 3.63) is 35.4 Å². The van der Waals surface area contributed by atoms with Crippen LogP contribution in [-0.2, 0) is 6.42 Å². The molecule has 0 saturated heterocycles. The highest BCUT2D eigenvalue weighted by atomic mass is 19.2. The maximum absolute atomic E-state index is 13.3. The van der Waals surface area contributed by atoms with E-state index in [2.05, 4.69) is 20.8 Å². The second-order valence-corrected chi connectivity index (χ2v) is 7.10. The highest BCUT2D eigenvalue weighted by Gasteiger charge is 2.37. The molecule has 1 nitrogen and oxygen atoms in total. The van der Waals surface area contributed by atoms with Gasteiger partial charge in [0, 0.05) is 6.04 Å². The van der Waals surface area contributed by atoms with Crippen LogP contribution in [0.2, 0.25) is 0 Å². The summed E-state index contributed by atoms with van der Waals surface area (Å²) in [6, 6.07) is 4.41. The lowest BCUT2D eigenvalue weighted by atomic mass is 9.64. The van der Waals surface area contributed by atoms with Gasteiger partial charge in [-0.15, -0.1) is 0 Å². The number of benzene rings is 1. The Bertz CT molecular complexity index is 470. The third-order valence-electron chi connectivity index (χ3n) is 4.81. The second kappa shape index (κ2) is 5.80. The van der Waals surface area contributed by atoms with E-state index >= 15 is 0 Å². The van der Waals surface area contributed by atoms with Crippen molar-refractivity contribution in [2.24, 2.45) is 23.0 Å². The molecule has 0 bridgehead atoms. The smallest absolute Gasteiger partial charge is 0.159 e. The maximum atomic E-state index is 13.3. The minimum Gasteiger partial charge on any atom is -0.327 e. The molecular weight excluding hydrogens is 256 g/mol. The van der Waals surface area contributed by atoms with Crippen molar-refractivity contribution in [1.29, 1.82) is 0 Å². The summed E-state index contributed by atoms with van der Waals surface area (Å²) < 4.78 is 26.3. The van der Waals surface area contributed by atoms with Crippen LogP contribution in [0.15, 0.2) is 18.2 Å². The summed E-state index contributed by atoms with van der Waals surface area (Å²) in [5.41, 5.74) is 7.18. The average Bonchev–Trinajstić information content (AvgIpc) is 2.33. The highest BCUT2D eigenvalue weighted by molar-refractivity contribution is 5.19. The van der Waals surface area contributed by atoms with Crippen LogP contribution in [-0.4, -0.2) is 6.04 Å². The molecule has 0 aromatic heterocycles. The Morgan fingerprint density at radius 2 is 1.90 bits per heavy atom. The SMILES string of the molecule is CC1CCC(C(C)(C)Cc2ccc(F)c(F)c2)C(N)C1. The Hall–Kier alpha value is -0.960. The molecule has 0 spiro atoms. The van der Waals surface area contributed by atoms with Gasteiger partial charge in [-0.25, -0.2) is 8.78 Å². The predicted molar refractivity (Wildman–Crippen MR) is 78.3 cm³/mol. The van der Waals surface area contributed by atoms with Gasteiger partial charge < -0.3 is 5.73 Å². The van der Waals surface area contributed by atoms with E-state index in [1.807, 2.05) is 0 Å². The fourth-order valence-corrected chi connectivity index (χ4v) is 3.70. The van der Waals surface area contributed by atoms with Gasteiger partial charge in [0.05, 0.1) is 0 Å². The summed E-state index contributed by atoms with van der Waals surface area (Å²) >= 11 is 0. The molecule has 0 heterocycles. The van der Waals surface area contributed by atoms with Crippen molar-refractivity contribution in [2.75, 3.05) is 0 Å². The van der Waals surface area contributed by atoms with Gasteiger partial charge in [0.2, 0.25) is 0 Å². The molecule has 2 rings (SSSR count). The minimum atomic E-state index is -0.783. The summed E-state index contributed by atoms with van der Waals surface area (Å²) in [4.78, 5) is 0. The van der Waals surface area contributed by atoms with Gasteiger partial charge in [-0.3, -0.25) is 0 Å². The molecule has 1 fully saturated rings. The fourth-order valence-electron chi connectivity index (χ4n) is 3.70. The number of hydrogen-bond acceptors (Lipinski definition) is 1. The van der Waals surface area contributed by atoms with Gasteiger partial charge in [0.15, 0.2) is 11.6 Å². The lowest BCUT2D eigenvalue weighted by Gasteiger charge is -2.43. The number of nitrogens with two attached hydrogens (primary N) is 1. The molecule has 1 aromatic rings. The molecule has 1 aromatic carbocycles. The van der Waals surface area contributed by atoms with Gasteiger partial charge in [0.1, 0.15) is 0 Å². The summed E-state index contributed by atoms with van der Waals surface area (Å²) in [5.74, 6) is -0.415. The normalized spacial score (nSPS) is 27.6. The lowest BCUT2D eigenvalue weighted by molar-refractivity contribution is 0.113. The van der Waals surface area contributed by atoms with E-state index in [1.54, 1.807) is 6.07 Å². The van der Waals surface area contributed by atoms with Crippen molar-refractivity contribution in [3.63, 3.8) is 0 Å². The van der Waals surface area contributed by atoms with Crippen LogP contribution in [0.4, 0.5) is 8.78 Å². The third kappa shape index (κ3) is 3.38. The van der Waals surface area contributed by atoms with Gasteiger partial charge in [-0.1, -0.05) is 33.3 Å². The molecule has 112 valence electrons. The highest BCUT2D eigenvalue weighted by Crippen LogP contribution is 2.41. The summed E-state index contributed by atoms with van der Waals surface area (Å²) in [6.45, 7) is 6.63. The van der Waals surface area contributed by atoms with Crippen LogP contribution < -0.4 is 5.73 Å². The molecule has 0 radical (unpaired) electrons. The zero-order valence-electron chi connectivity index (χ0n) is 12.6. The Morgan fingerprint density at radius 3 is 2.50 bits per heavy atom. The van der Waals surface area contributed by atoms with Crippen LogP contribution >= 0.6 is 0 Å². The molecule has 0 aliphatic heterocycles. The van der Waals surface area contributed by atoms with Crippen LogP contribution in [0.3, 0.4) is 0 Å². The van der Waals surface area contributed by atoms with E-state index in [4.69, 9.17) is 5.73 Å². The minimum absolute atomic E-state index is 0.00380. The van der Waals surface area contributed by atoms with Crippen molar-refractivity contribution in [1.82, 2.24) is 0 Å². The molecule has 1 aliphatic carbocycles. The number of rotatable bonds is 3. The first-order valence-electron chi connectivity index (χ1n) is 7.49. The first-order valence-corrected chi connectivity index (χ1v) is 7.49. The van der Waals surface area contributed by atoms with Gasteiger partial charge in [0.25, 0.3) is 0 Å². The van der Waals surface area contributed by atoms with Crippen LogP contribution in [0, 0.1) is 28.9 Å². The van der Waals surface area contributed by atoms with Crippen molar-refractivity contribution >= 4 is 0 Å². The quantitative estimate of drug-likeness (QED) is 0.878. The zero-order valence-corrected chi connectivity index (χ0v) is 12.6. The van der Waals surface area contributed by atoms with Crippen LogP contribution in [0.5, 0.6) is 0 Å². The van der Waals surface area contributed by atoms with Crippen LogP contribution in [0.1, 0.15) is 45.6 Å². The first-order chi connectivity index (χ1) is 9.29. The van der Waals surface area contributed by atoms with Crippen molar-refractivity contribution < 1.29 is 8.78 Å². The van der Waals surface area contributed by atoms with Crippen LogP contribution in [0.25, 0.3) is 0 Å². The Balaban J connectivity index is 2.11. The zero-order chi connectivity index (χ0) is 14.9. The van der Waals surface area contributed by atoms with E-state index in [0.717, 1.165) is 24.8 Å². The van der Waals surface area contributed by atoms with Crippen molar-refractivity contribution in [3.8, 4) is 0 Å². The Kier molecular flexibility index (Phi) is 4.48. The van der Waals surface area contributed by atoms with E-state index < -0.39 is 11.6 Å². The molecule has 1 aliphatic rings. The molecule has 3 heteroatoms. The van der Waals surface area contributed by atoms with Gasteiger partial charge >= 0.3 is 0 Å². The van der Waals surface area contributed by atoms with E-state index in [0.29, 0.717) is 11.8 Å². The molecule has 1 saturated carbocycles. The molecule has 0 amide bonds. The summed E-state index contributed by atoms with van der Waals surface area (Å²) in [6.07, 6.45) is 4.13. The second-order valence-electron chi connectivity index (χ2n) is 7.10. The van der Waals surface area contributed by atoms with Gasteiger partial charge in [-0.05, 0) is 54.2 Å². The number of hydrogen-bond donors (Lipinski definition) is 1. The standard InChI is InChI=1S/C17H25F2N/c1-11-4-6-13(16(20)8-11)17(2,3)10-12-5-7-14(18)15(19)9-12/h5,7,9,11,13,16H,4,6,8,10,20H2,1-3H3. The molecule has 20 heavy (non-hydrogen) atoms. The van der Waals surface area contributed by atoms with Crippen molar-refractivity contribution in [2.45, 2.75) is 52.5 Å². The predicted octanol–water partition coefficient (Wildman–Crippen LogP) is 4.30. The number of halogens is 2. The molecule has 2 N–H and O–H groups in total. The van der Waals surface area contributed by atoms with E-state index in [1.165, 1.54) is 18.6 Å². The summed E-state index contributed by atoms with van der Waals surface area (Å²) in [5, 5.41) is 0. The van der Waals surface area contributed by atoms with E-state index in [9.17, 15) is 8.78 Å². The largest absolute Gasteiger partial charge is 0.327 e. The summed E-state index contributed by atoms with van der Waals surface area (Å²) in [7, 11) is 0. The Morgan fingerprint density at radius 1 is 1.20 bits per heavy atom. The molecule has 3 unspecified atom stereocenters. The maximum Gasteiger partial charge on any atom is 0.159 e. The monoisotopic (exact) mass is 281 g/mol.